The summed E-state index contributed by atoms with van der Waals surface area (Å²) in [5, 5.41) is 9.00. The molecule has 1 heterocycles. The van der Waals surface area contributed by atoms with Gasteiger partial charge in [-0.3, -0.25) is 4.79 Å². The summed E-state index contributed by atoms with van der Waals surface area (Å²) in [7, 11) is 1.53. The van der Waals surface area contributed by atoms with E-state index in [4.69, 9.17) is 14.3 Å². The summed E-state index contributed by atoms with van der Waals surface area (Å²) in [6.07, 6.45) is -0.901. The van der Waals surface area contributed by atoms with Crippen molar-refractivity contribution in [2.75, 3.05) is 7.05 Å². The van der Waals surface area contributed by atoms with Gasteiger partial charge in [-0.25, -0.2) is 9.18 Å². The highest BCUT2D eigenvalue weighted by Gasteiger charge is 2.22. The van der Waals surface area contributed by atoms with Gasteiger partial charge in [0, 0.05) is 7.05 Å². The Bertz CT molecular complexity index is 755. The molecule has 0 saturated carbocycles. The van der Waals surface area contributed by atoms with Crippen LogP contribution in [0.1, 0.15) is 28.8 Å². The van der Waals surface area contributed by atoms with E-state index >= 15 is 0 Å². The molecule has 2 rings (SSSR count). The van der Waals surface area contributed by atoms with Crippen molar-refractivity contribution < 1.29 is 28.2 Å². The molecule has 1 unspecified atom stereocenters. The zero-order valence-corrected chi connectivity index (χ0v) is 13.6. The van der Waals surface area contributed by atoms with Crippen LogP contribution in [0.25, 0.3) is 0 Å². The molecule has 24 heavy (non-hydrogen) atoms. The molecule has 0 aliphatic carbocycles. The zero-order chi connectivity index (χ0) is 17.9. The lowest BCUT2D eigenvalue weighted by molar-refractivity contribution is -0.137. The molecule has 1 atom stereocenters. The third-order valence-corrected chi connectivity index (χ3v) is 3.46. The molecular formula is C17H18FNO5. The van der Waals surface area contributed by atoms with Gasteiger partial charge in [-0.15, -0.1) is 0 Å². The number of hydrogen-bond donors (Lipinski definition) is 1. The van der Waals surface area contributed by atoms with Crippen molar-refractivity contribution in [2.24, 2.45) is 0 Å². The highest BCUT2D eigenvalue weighted by molar-refractivity contribution is 5.88. The Balaban J connectivity index is 2.02. The molecule has 7 heteroatoms. The Morgan fingerprint density at radius 3 is 2.62 bits per heavy atom. The fraction of sp³-hybridized carbons (Fsp3) is 0.294. The molecule has 2 aromatic rings. The third-order valence-electron chi connectivity index (χ3n) is 3.46. The van der Waals surface area contributed by atoms with E-state index in [1.54, 1.807) is 13.0 Å². The monoisotopic (exact) mass is 335 g/mol. The molecule has 0 spiro atoms. The quantitative estimate of drug-likeness (QED) is 0.878. The van der Waals surface area contributed by atoms with Crippen LogP contribution in [0.15, 0.2) is 34.7 Å². The standard InChI is InChI=1S/C17H18FNO5/c1-10-13(17(21)22)8-12(23-10)9-19(3)16(20)11(2)24-15-7-5-4-6-14(15)18/h4-8,11H,9H2,1-3H3,(H,21,22). The second kappa shape index (κ2) is 7.16. The summed E-state index contributed by atoms with van der Waals surface area (Å²) in [6.45, 7) is 3.14. The maximum atomic E-state index is 13.6. The highest BCUT2D eigenvalue weighted by atomic mass is 19.1. The molecule has 6 nitrogen and oxygen atoms in total. The fourth-order valence-corrected chi connectivity index (χ4v) is 2.24. The first-order valence-electron chi connectivity index (χ1n) is 7.28. The number of nitrogens with zero attached hydrogens (tertiary/aromatic N) is 1. The van der Waals surface area contributed by atoms with Crippen LogP contribution in [-0.4, -0.2) is 35.0 Å². The molecule has 1 amide bonds. The number of likely N-dealkylation sites (N-methyl/N-ethyl adjacent to an activating group) is 1. The lowest BCUT2D eigenvalue weighted by Gasteiger charge is -2.21. The lowest BCUT2D eigenvalue weighted by atomic mass is 10.2. The number of benzene rings is 1. The average Bonchev–Trinajstić information content (AvgIpc) is 2.89. The normalized spacial score (nSPS) is 11.8. The van der Waals surface area contributed by atoms with Crippen molar-refractivity contribution in [3.63, 3.8) is 0 Å². The van der Waals surface area contributed by atoms with E-state index in [2.05, 4.69) is 0 Å². The number of carbonyl (C=O) groups excluding carboxylic acids is 1. The van der Waals surface area contributed by atoms with Crippen LogP contribution in [-0.2, 0) is 11.3 Å². The number of hydrogen-bond acceptors (Lipinski definition) is 4. The highest BCUT2D eigenvalue weighted by Crippen LogP contribution is 2.19. The molecular weight excluding hydrogens is 317 g/mol. The van der Waals surface area contributed by atoms with Crippen LogP contribution < -0.4 is 4.74 Å². The number of aryl methyl sites for hydroxylation is 1. The van der Waals surface area contributed by atoms with Gasteiger partial charge in [-0.1, -0.05) is 12.1 Å². The molecule has 0 radical (unpaired) electrons. The SMILES string of the molecule is Cc1oc(CN(C)C(=O)C(C)Oc2ccccc2F)cc1C(=O)O. The Hall–Kier alpha value is -2.83. The maximum Gasteiger partial charge on any atom is 0.339 e. The Morgan fingerprint density at radius 1 is 1.38 bits per heavy atom. The van der Waals surface area contributed by atoms with E-state index in [9.17, 15) is 14.0 Å². The first-order valence-corrected chi connectivity index (χ1v) is 7.28. The number of carbonyl (C=O) groups is 2. The molecule has 0 aliphatic rings. The number of furan rings is 1. The second-order valence-corrected chi connectivity index (χ2v) is 5.37. The number of amides is 1. The van der Waals surface area contributed by atoms with Gasteiger partial charge in [0.1, 0.15) is 17.1 Å². The summed E-state index contributed by atoms with van der Waals surface area (Å²) >= 11 is 0. The van der Waals surface area contributed by atoms with Crippen molar-refractivity contribution in [1.29, 1.82) is 0 Å². The molecule has 0 saturated heterocycles. The van der Waals surface area contributed by atoms with Crippen LogP contribution in [0.5, 0.6) is 5.75 Å². The minimum atomic E-state index is -1.09. The number of aromatic carboxylic acids is 1. The lowest BCUT2D eigenvalue weighted by Crippen LogP contribution is -2.37. The van der Waals surface area contributed by atoms with Crippen molar-refractivity contribution in [3.05, 3.63) is 53.2 Å². The molecule has 0 aliphatic heterocycles. The summed E-state index contributed by atoms with van der Waals surface area (Å²) < 4.78 is 24.2. The van der Waals surface area contributed by atoms with Gasteiger partial charge in [0.15, 0.2) is 17.7 Å². The van der Waals surface area contributed by atoms with Gasteiger partial charge in [0.2, 0.25) is 0 Å². The third kappa shape index (κ3) is 3.92. The van der Waals surface area contributed by atoms with Crippen molar-refractivity contribution >= 4 is 11.9 Å². The van der Waals surface area contributed by atoms with Gasteiger partial charge in [0.05, 0.1) is 6.54 Å². The summed E-state index contributed by atoms with van der Waals surface area (Å²) in [4.78, 5) is 24.6. The number of para-hydroxylation sites is 1. The summed E-state index contributed by atoms with van der Waals surface area (Å²) in [5.74, 6) is -1.41. The Labute approximate surface area is 138 Å². The maximum absolute atomic E-state index is 13.6. The molecule has 1 aromatic carbocycles. The average molecular weight is 335 g/mol. The van der Waals surface area contributed by atoms with Crippen LogP contribution in [0.2, 0.25) is 0 Å². The minimum absolute atomic E-state index is 0.00578. The van der Waals surface area contributed by atoms with Crippen LogP contribution in [0, 0.1) is 12.7 Å². The molecule has 1 N–H and O–H groups in total. The smallest absolute Gasteiger partial charge is 0.339 e. The minimum Gasteiger partial charge on any atom is -0.478 e. The van der Waals surface area contributed by atoms with Crippen molar-refractivity contribution in [3.8, 4) is 5.75 Å². The van der Waals surface area contributed by atoms with Crippen LogP contribution >= 0.6 is 0 Å². The topological polar surface area (TPSA) is 80.0 Å². The van der Waals surface area contributed by atoms with E-state index in [0.29, 0.717) is 5.76 Å². The second-order valence-electron chi connectivity index (χ2n) is 5.37. The Kier molecular flexibility index (Phi) is 5.23. The van der Waals surface area contributed by atoms with Crippen LogP contribution in [0.3, 0.4) is 0 Å². The number of carboxylic acids is 1. The largest absolute Gasteiger partial charge is 0.478 e. The fourth-order valence-electron chi connectivity index (χ4n) is 2.24. The van der Waals surface area contributed by atoms with E-state index in [1.165, 1.54) is 43.1 Å². The van der Waals surface area contributed by atoms with E-state index in [0.717, 1.165) is 0 Å². The summed E-state index contributed by atoms with van der Waals surface area (Å²) in [6, 6.07) is 7.20. The number of ether oxygens (including phenoxy) is 1. The van der Waals surface area contributed by atoms with Gasteiger partial charge < -0.3 is 19.2 Å². The van der Waals surface area contributed by atoms with Crippen LogP contribution in [0.4, 0.5) is 4.39 Å². The van der Waals surface area contributed by atoms with Gasteiger partial charge in [-0.05, 0) is 32.0 Å². The number of rotatable bonds is 6. The van der Waals surface area contributed by atoms with E-state index in [-0.39, 0.29) is 29.5 Å². The molecule has 0 fully saturated rings. The van der Waals surface area contributed by atoms with E-state index < -0.39 is 17.9 Å². The van der Waals surface area contributed by atoms with Crippen molar-refractivity contribution in [2.45, 2.75) is 26.5 Å². The number of carboxylic acid groups (broad SMARTS) is 1. The summed E-state index contributed by atoms with van der Waals surface area (Å²) in [5.41, 5.74) is 0.0569. The van der Waals surface area contributed by atoms with Crippen molar-refractivity contribution in [1.82, 2.24) is 4.90 Å². The van der Waals surface area contributed by atoms with Gasteiger partial charge in [0.25, 0.3) is 5.91 Å². The predicted molar refractivity (Wildman–Crippen MR) is 83.4 cm³/mol. The number of halogens is 1. The van der Waals surface area contributed by atoms with Gasteiger partial charge in [-0.2, -0.15) is 0 Å². The zero-order valence-electron chi connectivity index (χ0n) is 13.6. The first kappa shape index (κ1) is 17.5. The molecule has 128 valence electrons. The molecule has 1 aromatic heterocycles. The Morgan fingerprint density at radius 2 is 2.04 bits per heavy atom. The predicted octanol–water partition coefficient (Wildman–Crippen LogP) is 2.85. The van der Waals surface area contributed by atoms with E-state index in [1.807, 2.05) is 0 Å². The first-order chi connectivity index (χ1) is 11.3. The van der Waals surface area contributed by atoms with Gasteiger partial charge >= 0.3 is 5.97 Å². The molecule has 0 bridgehead atoms.